The summed E-state index contributed by atoms with van der Waals surface area (Å²) in [7, 11) is 7.05. The quantitative estimate of drug-likeness (QED) is 0.0380. The van der Waals surface area contributed by atoms with Crippen LogP contribution in [-0.2, 0) is 32.2 Å². The van der Waals surface area contributed by atoms with Crippen LogP contribution in [-0.4, -0.2) is 136 Å². The lowest BCUT2D eigenvalue weighted by atomic mass is 10.0. The smallest absolute Gasteiger partial charge is 0.260 e. The van der Waals surface area contributed by atoms with E-state index in [0.717, 1.165) is 57.4 Å². The number of ether oxygens (including phenoxy) is 9. The SMILES string of the molecule is COCCOCCOCCN(C(=O)CCC[SiH](C)C)c1cc(COc2cc3c(cc2OC)C(=O)N2C=C(c4ccc(OC)cc4)CC2C=N3)cc(COc2cc3c(cc2OC)C(=O)N2C=C(c4ccc(OC)cc4)C[C@H]2C=N3)c1. The van der Waals surface area contributed by atoms with E-state index in [2.05, 4.69) is 13.1 Å². The number of hydrogen-bond donors (Lipinski definition) is 0. The number of anilines is 1. The van der Waals surface area contributed by atoms with E-state index in [4.69, 9.17) is 52.6 Å². The van der Waals surface area contributed by atoms with Crippen molar-refractivity contribution in [3.63, 3.8) is 0 Å². The maximum Gasteiger partial charge on any atom is 0.260 e. The summed E-state index contributed by atoms with van der Waals surface area (Å²) in [5.74, 6) is 2.58. The van der Waals surface area contributed by atoms with E-state index in [-0.39, 0.29) is 49.6 Å². The van der Waals surface area contributed by atoms with Gasteiger partial charge in [-0.25, -0.2) is 0 Å². The van der Waals surface area contributed by atoms with E-state index >= 15 is 0 Å². The highest BCUT2D eigenvalue weighted by Gasteiger charge is 2.35. The minimum absolute atomic E-state index is 0.0256. The van der Waals surface area contributed by atoms with Crippen molar-refractivity contribution in [2.24, 2.45) is 9.98 Å². The number of aliphatic imine (C=N–C) groups is 2. The molecule has 0 N–H and O–H groups in total. The van der Waals surface area contributed by atoms with Crippen molar-refractivity contribution in [1.29, 1.82) is 0 Å². The van der Waals surface area contributed by atoms with Crippen molar-refractivity contribution in [3.05, 3.63) is 137 Å². The number of rotatable bonds is 26. The highest BCUT2D eigenvalue weighted by atomic mass is 28.3. The van der Waals surface area contributed by atoms with Gasteiger partial charge in [-0.3, -0.25) is 24.4 Å². The molecule has 4 heterocycles. The van der Waals surface area contributed by atoms with E-state index in [1.165, 1.54) is 14.2 Å². The number of fused-ring (bicyclic) bond motifs is 4. The monoisotopic (exact) mass is 1090 g/mol. The van der Waals surface area contributed by atoms with Gasteiger partial charge in [0.05, 0.1) is 96.1 Å². The first-order valence-electron chi connectivity index (χ1n) is 26.7. The van der Waals surface area contributed by atoms with Gasteiger partial charge in [0.15, 0.2) is 23.0 Å². The lowest BCUT2D eigenvalue weighted by Crippen LogP contribution is -2.34. The van der Waals surface area contributed by atoms with Crippen molar-refractivity contribution in [2.75, 3.05) is 80.0 Å². The van der Waals surface area contributed by atoms with Gasteiger partial charge < -0.3 is 57.3 Å². The highest BCUT2D eigenvalue weighted by Crippen LogP contribution is 2.43. The molecule has 0 aromatic heterocycles. The van der Waals surface area contributed by atoms with Gasteiger partial charge >= 0.3 is 0 Å². The standard InChI is InChI=1S/C61H69N5O12Si/c1-70-20-21-76-23-22-75-19-18-64(59(67)9-8-24-79(6)7)46-26-40(38-77-57-32-53-51(30-55(57)73-4)60(68)65-36-44(28-47(65)34-62-53)42-10-14-49(71-2)15-11-42)25-41(27-46)39-78-58-33-54-52(31-56(58)74-5)61(69)66-37-45(29-48(66)35-63-54)43-12-16-50(72-3)17-13-43/h10-17,25-27,30-37,47-48,79H,8-9,18-24,28-29,38-39H2,1-7H3/t47-,48?/m0/s1. The van der Waals surface area contributed by atoms with E-state index in [9.17, 15) is 14.4 Å². The summed E-state index contributed by atoms with van der Waals surface area (Å²) in [4.78, 5) is 57.6. The van der Waals surface area contributed by atoms with Crippen LogP contribution >= 0.6 is 0 Å². The molecule has 4 aliphatic rings. The van der Waals surface area contributed by atoms with Gasteiger partial charge in [-0.15, -0.1) is 0 Å². The van der Waals surface area contributed by atoms with Crippen molar-refractivity contribution in [1.82, 2.24) is 9.80 Å². The molecule has 3 amide bonds. The molecule has 4 aliphatic heterocycles. The molecular formula is C61H69N5O12Si. The average Bonchev–Trinajstić information content (AvgIpc) is 4.21. The topological polar surface area (TPSA) is 169 Å². The number of nitrogens with zero attached hydrogens (tertiary/aromatic N) is 5. The summed E-state index contributed by atoms with van der Waals surface area (Å²) in [6, 6.07) is 28.7. The number of methoxy groups -OCH3 is 5. The average molecular weight is 1090 g/mol. The molecule has 18 heteroatoms. The van der Waals surface area contributed by atoms with E-state index < -0.39 is 8.80 Å². The molecule has 0 fully saturated rings. The first kappa shape index (κ1) is 56.0. The predicted octanol–water partition coefficient (Wildman–Crippen LogP) is 10.1. The largest absolute Gasteiger partial charge is 0.497 e. The summed E-state index contributed by atoms with van der Waals surface area (Å²) in [5, 5.41) is 0. The van der Waals surface area contributed by atoms with Gasteiger partial charge in [0.25, 0.3) is 11.8 Å². The molecule has 5 aromatic carbocycles. The molecule has 17 nitrogen and oxygen atoms in total. The second-order valence-corrected chi connectivity index (χ2v) is 23.3. The third-order valence-corrected chi connectivity index (χ3v) is 15.8. The Kier molecular flexibility index (Phi) is 18.6. The van der Waals surface area contributed by atoms with Crippen molar-refractivity contribution in [3.8, 4) is 34.5 Å². The first-order valence-corrected chi connectivity index (χ1v) is 29.8. The zero-order valence-corrected chi connectivity index (χ0v) is 47.2. The summed E-state index contributed by atoms with van der Waals surface area (Å²) in [6.07, 6.45) is 9.76. The maximum atomic E-state index is 14.3. The molecule has 414 valence electrons. The Balaban J connectivity index is 0.983. The van der Waals surface area contributed by atoms with Crippen LogP contribution in [0.2, 0.25) is 19.1 Å². The minimum Gasteiger partial charge on any atom is -0.497 e. The zero-order valence-electron chi connectivity index (χ0n) is 46.0. The number of benzene rings is 5. The van der Waals surface area contributed by atoms with Crippen LogP contribution in [0.1, 0.15) is 68.7 Å². The van der Waals surface area contributed by atoms with E-state index in [1.807, 2.05) is 79.1 Å². The van der Waals surface area contributed by atoms with Crippen molar-refractivity contribution >= 4 is 67.2 Å². The van der Waals surface area contributed by atoms with Gasteiger partial charge in [0.2, 0.25) is 5.91 Å². The fraction of sp³-hybridized carbons (Fsp3) is 0.361. The fourth-order valence-electron chi connectivity index (χ4n) is 9.95. The Bertz CT molecular complexity index is 2940. The normalized spacial score (nSPS) is 16.1. The van der Waals surface area contributed by atoms with Gasteiger partial charge in [0.1, 0.15) is 24.7 Å². The molecule has 9 rings (SSSR count). The molecule has 0 aliphatic carbocycles. The fourth-order valence-corrected chi connectivity index (χ4v) is 11.0. The van der Waals surface area contributed by atoms with Crippen LogP contribution in [0.15, 0.2) is 113 Å². The summed E-state index contributed by atoms with van der Waals surface area (Å²) >= 11 is 0. The van der Waals surface area contributed by atoms with E-state index in [1.54, 1.807) is 72.7 Å². The first-order chi connectivity index (χ1) is 38.5. The van der Waals surface area contributed by atoms with Crippen molar-refractivity contribution < 1.29 is 57.0 Å². The molecule has 79 heavy (non-hydrogen) atoms. The summed E-state index contributed by atoms with van der Waals surface area (Å²) in [6.45, 7) is 6.94. The zero-order chi connectivity index (χ0) is 55.4. The second kappa shape index (κ2) is 26.3. The summed E-state index contributed by atoms with van der Waals surface area (Å²) < 4.78 is 52.3. The molecule has 0 spiro atoms. The van der Waals surface area contributed by atoms with Gasteiger partial charge in [0, 0.05) is 84.4 Å². The number of hydrogen-bond acceptors (Lipinski definition) is 14. The number of amides is 3. The Morgan fingerprint density at radius 3 is 1.53 bits per heavy atom. The molecule has 0 saturated heterocycles. The molecule has 2 atom stereocenters. The third kappa shape index (κ3) is 13.4. The van der Waals surface area contributed by atoms with Crippen molar-refractivity contribution in [2.45, 2.75) is 70.1 Å². The molecule has 5 aromatic rings. The predicted molar refractivity (Wildman–Crippen MR) is 307 cm³/mol. The lowest BCUT2D eigenvalue weighted by Gasteiger charge is -2.25. The Morgan fingerprint density at radius 2 is 1.08 bits per heavy atom. The number of carbonyl (C=O) groups is 3. The van der Waals surface area contributed by atoms with Gasteiger partial charge in [-0.1, -0.05) is 43.4 Å². The summed E-state index contributed by atoms with van der Waals surface area (Å²) in [5.41, 5.74) is 7.83. The van der Waals surface area contributed by atoms with Crippen LogP contribution < -0.4 is 33.3 Å². The maximum absolute atomic E-state index is 14.3. The lowest BCUT2D eigenvalue weighted by molar-refractivity contribution is -0.118. The van der Waals surface area contributed by atoms with Crippen LogP contribution in [0.5, 0.6) is 34.5 Å². The van der Waals surface area contributed by atoms with Crippen LogP contribution in [0, 0.1) is 0 Å². The molecule has 0 saturated carbocycles. The second-order valence-electron chi connectivity index (χ2n) is 20.0. The Labute approximate surface area is 463 Å². The van der Waals surface area contributed by atoms with Crippen LogP contribution in [0.25, 0.3) is 11.1 Å². The number of carbonyl (C=O) groups excluding carboxylic acids is 3. The van der Waals surface area contributed by atoms with Gasteiger partial charge in [-0.2, -0.15) is 0 Å². The molecule has 1 unspecified atom stereocenters. The molecular weight excluding hydrogens is 1020 g/mol. The van der Waals surface area contributed by atoms with Crippen LogP contribution in [0.3, 0.4) is 0 Å². The molecule has 0 bridgehead atoms. The Hall–Kier alpha value is -7.77. The third-order valence-electron chi connectivity index (χ3n) is 14.2. The minimum atomic E-state index is -0.904. The molecule has 0 radical (unpaired) electrons. The van der Waals surface area contributed by atoms with Gasteiger partial charge in [-0.05, 0) is 94.4 Å². The highest BCUT2D eigenvalue weighted by molar-refractivity contribution is 6.55. The van der Waals surface area contributed by atoms with Crippen LogP contribution in [0.4, 0.5) is 17.1 Å². The Morgan fingerprint density at radius 1 is 0.595 bits per heavy atom. The van der Waals surface area contributed by atoms with E-state index in [0.29, 0.717) is 103 Å².